The molecule has 4 nitrogen and oxygen atoms in total. The topological polar surface area (TPSA) is 49.8 Å². The number of likely N-dealkylation sites (N-methyl/N-ethyl adjacent to an activating group) is 1. The maximum absolute atomic E-state index is 12.2. The number of ether oxygens (including phenoxy) is 1. The van der Waals surface area contributed by atoms with Gasteiger partial charge in [-0.25, -0.2) is 0 Å². The summed E-state index contributed by atoms with van der Waals surface area (Å²) in [5.41, 5.74) is -0.729. The van der Waals surface area contributed by atoms with Gasteiger partial charge in [0, 0.05) is 6.61 Å². The van der Waals surface area contributed by atoms with Crippen molar-refractivity contribution in [2.45, 2.75) is 90.0 Å². The Balaban J connectivity index is 3.62. The molecule has 0 aliphatic rings. The van der Waals surface area contributed by atoms with Crippen LogP contribution in [0.3, 0.4) is 0 Å². The molecule has 0 spiro atoms. The summed E-state index contributed by atoms with van der Waals surface area (Å²) >= 11 is 0. The van der Waals surface area contributed by atoms with Crippen LogP contribution in [0, 0.1) is 0 Å². The summed E-state index contributed by atoms with van der Waals surface area (Å²) in [5, 5.41) is 9.13. The van der Waals surface area contributed by atoms with Crippen molar-refractivity contribution in [2.24, 2.45) is 0 Å². The summed E-state index contributed by atoms with van der Waals surface area (Å²) < 4.78 is 5.40. The van der Waals surface area contributed by atoms with E-state index in [9.17, 15) is 4.79 Å². The molecule has 1 unspecified atom stereocenters. The number of unbranched alkanes of at least 4 members (excludes halogenated alkanes) is 9. The number of hydrogen-bond donors (Lipinski definition) is 1. The van der Waals surface area contributed by atoms with Crippen LogP contribution >= 0.6 is 0 Å². The third-order valence-corrected chi connectivity index (χ3v) is 4.76. The summed E-state index contributed by atoms with van der Waals surface area (Å²) in [4.78, 5) is 14.0. The van der Waals surface area contributed by atoms with E-state index in [-0.39, 0.29) is 12.6 Å². The highest BCUT2D eigenvalue weighted by Crippen LogP contribution is 2.18. The van der Waals surface area contributed by atoms with Crippen LogP contribution in [-0.4, -0.2) is 48.8 Å². The highest BCUT2D eigenvalue weighted by molar-refractivity contribution is 5.80. The molecule has 4 heteroatoms. The normalized spacial score (nSPS) is 14.0. The standard InChI is InChI=1S/C19H39NO3/c1-5-6-7-8-9-10-11-12-13-14-17-23-18(22)19(2,15-16-21)20(3)4/h21H,5-17H2,1-4H3. The Hall–Kier alpha value is -0.610. The fourth-order valence-corrected chi connectivity index (χ4v) is 2.64. The molecular weight excluding hydrogens is 290 g/mol. The van der Waals surface area contributed by atoms with Gasteiger partial charge < -0.3 is 9.84 Å². The highest BCUT2D eigenvalue weighted by Gasteiger charge is 2.36. The number of aliphatic hydroxyl groups is 1. The molecule has 138 valence electrons. The minimum Gasteiger partial charge on any atom is -0.464 e. The van der Waals surface area contributed by atoms with E-state index in [4.69, 9.17) is 9.84 Å². The van der Waals surface area contributed by atoms with E-state index in [0.717, 1.165) is 12.8 Å². The first kappa shape index (κ1) is 22.4. The SMILES string of the molecule is CCCCCCCCCCCCOC(=O)C(C)(CCO)N(C)C. The second kappa shape index (κ2) is 13.8. The molecule has 0 aliphatic carbocycles. The smallest absolute Gasteiger partial charge is 0.326 e. The molecule has 0 aliphatic heterocycles. The van der Waals surface area contributed by atoms with Gasteiger partial charge in [-0.3, -0.25) is 9.69 Å². The molecular formula is C19H39NO3. The summed E-state index contributed by atoms with van der Waals surface area (Å²) in [6, 6.07) is 0. The van der Waals surface area contributed by atoms with Crippen molar-refractivity contribution < 1.29 is 14.6 Å². The summed E-state index contributed by atoms with van der Waals surface area (Å²) in [5.74, 6) is -0.229. The first-order chi connectivity index (χ1) is 11.0. The number of esters is 1. The van der Waals surface area contributed by atoms with Crippen LogP contribution in [0.4, 0.5) is 0 Å². The Kier molecular flexibility index (Phi) is 13.4. The lowest BCUT2D eigenvalue weighted by Gasteiger charge is -2.33. The average molecular weight is 330 g/mol. The fourth-order valence-electron chi connectivity index (χ4n) is 2.64. The van der Waals surface area contributed by atoms with Crippen molar-refractivity contribution in [1.82, 2.24) is 4.90 Å². The van der Waals surface area contributed by atoms with Crippen molar-refractivity contribution in [3.05, 3.63) is 0 Å². The van der Waals surface area contributed by atoms with Gasteiger partial charge in [-0.15, -0.1) is 0 Å². The minimum atomic E-state index is -0.729. The third kappa shape index (κ3) is 9.98. The van der Waals surface area contributed by atoms with Crippen LogP contribution < -0.4 is 0 Å². The van der Waals surface area contributed by atoms with E-state index in [0.29, 0.717) is 13.0 Å². The van der Waals surface area contributed by atoms with Gasteiger partial charge in [0.1, 0.15) is 5.54 Å². The minimum absolute atomic E-state index is 0.0119. The maximum Gasteiger partial charge on any atom is 0.326 e. The Morgan fingerprint density at radius 3 is 1.87 bits per heavy atom. The van der Waals surface area contributed by atoms with E-state index in [2.05, 4.69) is 6.92 Å². The van der Waals surface area contributed by atoms with Gasteiger partial charge in [-0.2, -0.15) is 0 Å². The molecule has 0 amide bonds. The zero-order chi connectivity index (χ0) is 17.6. The van der Waals surface area contributed by atoms with E-state index < -0.39 is 5.54 Å². The number of rotatable bonds is 15. The van der Waals surface area contributed by atoms with Crippen LogP contribution in [0.5, 0.6) is 0 Å². The van der Waals surface area contributed by atoms with Crippen molar-refractivity contribution in [1.29, 1.82) is 0 Å². The van der Waals surface area contributed by atoms with Gasteiger partial charge in [0.2, 0.25) is 0 Å². The van der Waals surface area contributed by atoms with Crippen molar-refractivity contribution in [3.8, 4) is 0 Å². The average Bonchev–Trinajstić information content (AvgIpc) is 2.52. The van der Waals surface area contributed by atoms with Crippen LogP contribution in [0.25, 0.3) is 0 Å². The van der Waals surface area contributed by atoms with Gasteiger partial charge in [-0.1, -0.05) is 64.7 Å². The second-order valence-electron chi connectivity index (χ2n) is 6.96. The lowest BCUT2D eigenvalue weighted by atomic mass is 9.97. The van der Waals surface area contributed by atoms with Crippen molar-refractivity contribution in [2.75, 3.05) is 27.3 Å². The van der Waals surface area contributed by atoms with Gasteiger partial charge in [0.25, 0.3) is 0 Å². The van der Waals surface area contributed by atoms with Crippen LogP contribution in [0.2, 0.25) is 0 Å². The largest absolute Gasteiger partial charge is 0.464 e. The lowest BCUT2D eigenvalue weighted by molar-refractivity contribution is -0.157. The van der Waals surface area contributed by atoms with E-state index in [1.54, 1.807) is 0 Å². The van der Waals surface area contributed by atoms with E-state index in [1.807, 2.05) is 25.9 Å². The summed E-state index contributed by atoms with van der Waals surface area (Å²) in [7, 11) is 3.69. The molecule has 0 saturated carbocycles. The van der Waals surface area contributed by atoms with Gasteiger partial charge >= 0.3 is 5.97 Å². The molecule has 1 N–H and O–H groups in total. The second-order valence-corrected chi connectivity index (χ2v) is 6.96. The maximum atomic E-state index is 12.2. The Morgan fingerprint density at radius 2 is 1.43 bits per heavy atom. The number of carbonyl (C=O) groups excluding carboxylic acids is 1. The van der Waals surface area contributed by atoms with Crippen LogP contribution in [0.15, 0.2) is 0 Å². The summed E-state index contributed by atoms with van der Waals surface area (Å²) in [6.45, 7) is 4.55. The lowest BCUT2D eigenvalue weighted by Crippen LogP contribution is -2.50. The zero-order valence-electron chi connectivity index (χ0n) is 15.9. The zero-order valence-corrected chi connectivity index (χ0v) is 15.9. The highest BCUT2D eigenvalue weighted by atomic mass is 16.5. The molecule has 23 heavy (non-hydrogen) atoms. The summed E-state index contributed by atoms with van der Waals surface area (Å²) in [6.07, 6.45) is 13.1. The number of hydrogen-bond acceptors (Lipinski definition) is 4. The first-order valence-corrected chi connectivity index (χ1v) is 9.44. The van der Waals surface area contributed by atoms with Gasteiger partial charge in [0.15, 0.2) is 0 Å². The molecule has 0 radical (unpaired) electrons. The Morgan fingerprint density at radius 1 is 0.957 bits per heavy atom. The predicted molar refractivity (Wildman–Crippen MR) is 96.6 cm³/mol. The van der Waals surface area contributed by atoms with Gasteiger partial charge in [-0.05, 0) is 33.9 Å². The van der Waals surface area contributed by atoms with Crippen molar-refractivity contribution >= 4 is 5.97 Å². The molecule has 0 aromatic heterocycles. The van der Waals surface area contributed by atoms with Crippen LogP contribution in [0.1, 0.15) is 84.5 Å². The van der Waals surface area contributed by atoms with E-state index >= 15 is 0 Å². The van der Waals surface area contributed by atoms with Crippen LogP contribution in [-0.2, 0) is 9.53 Å². The quantitative estimate of drug-likeness (QED) is 0.362. The van der Waals surface area contributed by atoms with E-state index in [1.165, 1.54) is 51.4 Å². The molecule has 0 fully saturated rings. The molecule has 0 aromatic rings. The molecule has 1 atom stereocenters. The fraction of sp³-hybridized carbons (Fsp3) is 0.947. The third-order valence-electron chi connectivity index (χ3n) is 4.76. The Labute approximate surface area is 143 Å². The monoisotopic (exact) mass is 329 g/mol. The molecule has 0 saturated heterocycles. The molecule has 0 aromatic carbocycles. The number of nitrogens with zero attached hydrogens (tertiary/aromatic N) is 1. The first-order valence-electron chi connectivity index (χ1n) is 9.44. The number of carbonyl (C=O) groups is 1. The Bertz CT molecular complexity index is 294. The molecule has 0 bridgehead atoms. The van der Waals surface area contributed by atoms with Crippen molar-refractivity contribution in [3.63, 3.8) is 0 Å². The number of aliphatic hydroxyl groups excluding tert-OH is 1. The molecule has 0 rings (SSSR count). The van der Waals surface area contributed by atoms with Gasteiger partial charge in [0.05, 0.1) is 6.61 Å². The molecule has 0 heterocycles. The predicted octanol–water partition coefficient (Wildman–Crippen LogP) is 4.15.